The van der Waals surface area contributed by atoms with Gasteiger partial charge in [-0.15, -0.1) is 11.8 Å². The summed E-state index contributed by atoms with van der Waals surface area (Å²) in [4.78, 5) is 12.8. The SMILES string of the molecule is N#CCCC(=O)NCc1ccc2c(c1)CCCS2. The van der Waals surface area contributed by atoms with E-state index in [4.69, 9.17) is 5.26 Å². The first-order chi connectivity index (χ1) is 8.79. The van der Waals surface area contributed by atoms with Crippen molar-refractivity contribution in [2.75, 3.05) is 5.75 Å². The molecule has 0 saturated heterocycles. The minimum Gasteiger partial charge on any atom is -0.352 e. The second-order valence-corrected chi connectivity index (χ2v) is 5.47. The molecule has 1 aromatic carbocycles. The molecular formula is C14H16N2OS. The predicted molar refractivity (Wildman–Crippen MR) is 72.2 cm³/mol. The standard InChI is InChI=1S/C14H16N2OS/c15-7-1-4-14(17)16-10-11-5-6-13-12(9-11)3-2-8-18-13/h5-6,9H,1-4,8,10H2,(H,16,17). The number of carbonyl (C=O) groups is 1. The zero-order chi connectivity index (χ0) is 12.8. The fourth-order valence-corrected chi connectivity index (χ4v) is 3.00. The van der Waals surface area contributed by atoms with Crippen LogP contribution in [0.3, 0.4) is 0 Å². The second kappa shape index (κ2) is 6.46. The summed E-state index contributed by atoms with van der Waals surface area (Å²) in [6.45, 7) is 0.558. The fourth-order valence-electron chi connectivity index (χ4n) is 1.98. The molecule has 0 spiro atoms. The second-order valence-electron chi connectivity index (χ2n) is 4.33. The van der Waals surface area contributed by atoms with E-state index >= 15 is 0 Å². The predicted octanol–water partition coefficient (Wildman–Crippen LogP) is 2.64. The van der Waals surface area contributed by atoms with Crippen LogP contribution in [0.1, 0.15) is 30.4 Å². The summed E-state index contributed by atoms with van der Waals surface area (Å²) in [5.74, 6) is 1.15. The highest BCUT2D eigenvalue weighted by atomic mass is 32.2. The zero-order valence-electron chi connectivity index (χ0n) is 10.2. The first kappa shape index (κ1) is 13.0. The van der Waals surface area contributed by atoms with E-state index in [-0.39, 0.29) is 18.7 Å². The van der Waals surface area contributed by atoms with E-state index in [0.717, 1.165) is 12.0 Å². The molecule has 0 radical (unpaired) electrons. The lowest BCUT2D eigenvalue weighted by molar-refractivity contribution is -0.121. The van der Waals surface area contributed by atoms with Crippen LogP contribution in [0.2, 0.25) is 0 Å². The van der Waals surface area contributed by atoms with Crippen LogP contribution in [0, 0.1) is 11.3 Å². The molecule has 0 saturated carbocycles. The molecule has 1 heterocycles. The Morgan fingerprint density at radius 2 is 2.39 bits per heavy atom. The Labute approximate surface area is 112 Å². The van der Waals surface area contributed by atoms with Gasteiger partial charge >= 0.3 is 0 Å². The molecule has 1 aromatic rings. The summed E-state index contributed by atoms with van der Waals surface area (Å²) in [7, 11) is 0. The number of nitrogens with one attached hydrogen (secondary N) is 1. The maximum absolute atomic E-state index is 11.4. The van der Waals surface area contributed by atoms with Crippen LogP contribution in [0.15, 0.2) is 23.1 Å². The van der Waals surface area contributed by atoms with Gasteiger partial charge in [-0.2, -0.15) is 5.26 Å². The van der Waals surface area contributed by atoms with Crippen molar-refractivity contribution in [3.8, 4) is 6.07 Å². The van der Waals surface area contributed by atoms with Gasteiger partial charge in [-0.3, -0.25) is 4.79 Å². The number of hydrogen-bond donors (Lipinski definition) is 1. The van der Waals surface area contributed by atoms with Crippen molar-refractivity contribution >= 4 is 17.7 Å². The largest absolute Gasteiger partial charge is 0.352 e. The molecule has 0 bridgehead atoms. The van der Waals surface area contributed by atoms with Gasteiger partial charge in [0.25, 0.3) is 0 Å². The molecule has 0 unspecified atom stereocenters. The van der Waals surface area contributed by atoms with Crippen LogP contribution in [0.4, 0.5) is 0 Å². The number of benzene rings is 1. The van der Waals surface area contributed by atoms with Crippen molar-refractivity contribution in [3.63, 3.8) is 0 Å². The maximum Gasteiger partial charge on any atom is 0.221 e. The molecule has 1 amide bonds. The third-order valence-corrected chi connectivity index (χ3v) is 4.13. The summed E-state index contributed by atoms with van der Waals surface area (Å²) in [5, 5.41) is 11.2. The molecule has 94 valence electrons. The van der Waals surface area contributed by atoms with Crippen molar-refractivity contribution in [2.24, 2.45) is 0 Å². The van der Waals surface area contributed by atoms with Crippen molar-refractivity contribution in [1.82, 2.24) is 5.32 Å². The van der Waals surface area contributed by atoms with Crippen LogP contribution < -0.4 is 5.32 Å². The van der Waals surface area contributed by atoms with E-state index < -0.39 is 0 Å². The highest BCUT2D eigenvalue weighted by molar-refractivity contribution is 7.99. The van der Waals surface area contributed by atoms with Crippen molar-refractivity contribution in [2.45, 2.75) is 37.1 Å². The molecule has 0 atom stereocenters. The van der Waals surface area contributed by atoms with Gasteiger partial charge in [-0.1, -0.05) is 12.1 Å². The van der Waals surface area contributed by atoms with E-state index in [2.05, 4.69) is 23.5 Å². The molecule has 0 aliphatic carbocycles. The Morgan fingerprint density at radius 3 is 3.22 bits per heavy atom. The summed E-state index contributed by atoms with van der Waals surface area (Å²) in [6, 6.07) is 8.38. The smallest absolute Gasteiger partial charge is 0.221 e. The first-order valence-corrected chi connectivity index (χ1v) is 7.16. The van der Waals surface area contributed by atoms with E-state index in [1.165, 1.54) is 22.6 Å². The molecule has 4 heteroatoms. The number of hydrogen-bond acceptors (Lipinski definition) is 3. The number of fused-ring (bicyclic) bond motifs is 1. The van der Waals surface area contributed by atoms with Gasteiger partial charge in [0, 0.05) is 24.3 Å². The third kappa shape index (κ3) is 3.51. The number of rotatable bonds is 4. The van der Waals surface area contributed by atoms with Gasteiger partial charge in [0.2, 0.25) is 5.91 Å². The number of amides is 1. The van der Waals surface area contributed by atoms with Gasteiger partial charge in [0.1, 0.15) is 0 Å². The van der Waals surface area contributed by atoms with Crippen LogP contribution >= 0.6 is 11.8 Å². The number of nitriles is 1. The summed E-state index contributed by atoms with van der Waals surface area (Å²) >= 11 is 1.91. The summed E-state index contributed by atoms with van der Waals surface area (Å²) in [6.07, 6.45) is 2.94. The molecular weight excluding hydrogens is 244 g/mol. The average Bonchev–Trinajstić information content (AvgIpc) is 2.42. The third-order valence-electron chi connectivity index (χ3n) is 2.93. The monoisotopic (exact) mass is 260 g/mol. The number of thioether (sulfide) groups is 1. The van der Waals surface area contributed by atoms with E-state index in [1.807, 2.05) is 17.8 Å². The zero-order valence-corrected chi connectivity index (χ0v) is 11.1. The molecule has 1 aliphatic heterocycles. The number of aryl methyl sites for hydroxylation is 1. The maximum atomic E-state index is 11.4. The molecule has 3 nitrogen and oxygen atoms in total. The lowest BCUT2D eigenvalue weighted by atomic mass is 10.1. The van der Waals surface area contributed by atoms with Crippen LogP contribution in [0.25, 0.3) is 0 Å². The highest BCUT2D eigenvalue weighted by Gasteiger charge is 2.10. The normalized spacial score (nSPS) is 13.5. The molecule has 18 heavy (non-hydrogen) atoms. The summed E-state index contributed by atoms with van der Waals surface area (Å²) < 4.78 is 0. The average molecular weight is 260 g/mol. The van der Waals surface area contributed by atoms with Crippen LogP contribution in [-0.4, -0.2) is 11.7 Å². The lowest BCUT2D eigenvalue weighted by Gasteiger charge is -2.16. The van der Waals surface area contributed by atoms with Gasteiger partial charge in [0.15, 0.2) is 0 Å². The number of nitrogens with zero attached hydrogens (tertiary/aromatic N) is 1. The van der Waals surface area contributed by atoms with Crippen molar-refractivity contribution in [3.05, 3.63) is 29.3 Å². The van der Waals surface area contributed by atoms with Crippen LogP contribution in [0.5, 0.6) is 0 Å². The molecule has 0 fully saturated rings. The Bertz CT molecular complexity index is 479. The van der Waals surface area contributed by atoms with E-state index in [9.17, 15) is 4.79 Å². The van der Waals surface area contributed by atoms with E-state index in [1.54, 1.807) is 0 Å². The molecule has 0 aromatic heterocycles. The minimum absolute atomic E-state index is 0.0522. The molecule has 2 rings (SSSR count). The fraction of sp³-hybridized carbons (Fsp3) is 0.429. The van der Waals surface area contributed by atoms with Crippen molar-refractivity contribution in [1.29, 1.82) is 5.26 Å². The highest BCUT2D eigenvalue weighted by Crippen LogP contribution is 2.30. The lowest BCUT2D eigenvalue weighted by Crippen LogP contribution is -2.22. The summed E-state index contributed by atoms with van der Waals surface area (Å²) in [5.41, 5.74) is 2.54. The Hall–Kier alpha value is -1.47. The number of carbonyl (C=O) groups excluding carboxylic acids is 1. The van der Waals surface area contributed by atoms with Crippen LogP contribution in [-0.2, 0) is 17.8 Å². The van der Waals surface area contributed by atoms with Gasteiger partial charge < -0.3 is 5.32 Å². The molecule has 1 N–H and O–H groups in total. The first-order valence-electron chi connectivity index (χ1n) is 6.18. The van der Waals surface area contributed by atoms with Gasteiger partial charge in [-0.25, -0.2) is 0 Å². The minimum atomic E-state index is -0.0522. The Balaban J connectivity index is 1.90. The quantitative estimate of drug-likeness (QED) is 0.905. The van der Waals surface area contributed by atoms with E-state index in [0.29, 0.717) is 6.54 Å². The van der Waals surface area contributed by atoms with Gasteiger partial charge in [0.05, 0.1) is 6.07 Å². The topological polar surface area (TPSA) is 52.9 Å². The Kier molecular flexibility index (Phi) is 4.66. The molecule has 1 aliphatic rings. The van der Waals surface area contributed by atoms with Crippen molar-refractivity contribution < 1.29 is 4.79 Å². The Morgan fingerprint density at radius 1 is 1.50 bits per heavy atom. The van der Waals surface area contributed by atoms with Gasteiger partial charge in [-0.05, 0) is 35.8 Å².